The molecule has 1 heterocycles. The van der Waals surface area contributed by atoms with E-state index in [-0.39, 0.29) is 0 Å². The third-order valence-corrected chi connectivity index (χ3v) is 1.84. The Labute approximate surface area is 90.4 Å². The molecule has 0 saturated carbocycles. The Hall–Kier alpha value is -1.45. The van der Waals surface area contributed by atoms with E-state index in [1.807, 2.05) is 13.8 Å². The molecule has 0 unspecified atom stereocenters. The van der Waals surface area contributed by atoms with Gasteiger partial charge >= 0.3 is 0 Å². The van der Waals surface area contributed by atoms with Crippen LogP contribution in [0.15, 0.2) is 12.4 Å². The second kappa shape index (κ2) is 6.11. The first-order valence-corrected chi connectivity index (χ1v) is 5.28. The van der Waals surface area contributed by atoms with Crippen molar-refractivity contribution in [1.29, 1.82) is 0 Å². The standard InChI is InChI=1S/C11H18N2O2/c1-3-5-14-9-7-13-8-10(11(9)12)15-6-4-2/h7-8H,3-6H2,1-2H3,(H2,12,13). The molecule has 1 aromatic rings. The molecule has 2 N–H and O–H groups in total. The molecule has 4 heteroatoms. The third kappa shape index (κ3) is 3.31. The van der Waals surface area contributed by atoms with Crippen molar-refractivity contribution in [2.75, 3.05) is 18.9 Å². The van der Waals surface area contributed by atoms with Gasteiger partial charge in [-0.25, -0.2) is 0 Å². The van der Waals surface area contributed by atoms with Gasteiger partial charge in [-0.1, -0.05) is 13.8 Å². The quantitative estimate of drug-likeness (QED) is 0.782. The largest absolute Gasteiger partial charge is 0.490 e. The average Bonchev–Trinajstić information content (AvgIpc) is 2.26. The zero-order valence-electron chi connectivity index (χ0n) is 9.32. The highest BCUT2D eigenvalue weighted by molar-refractivity contribution is 5.60. The Morgan fingerprint density at radius 3 is 1.93 bits per heavy atom. The first kappa shape index (κ1) is 11.6. The summed E-state index contributed by atoms with van der Waals surface area (Å²) in [6.45, 7) is 5.37. The van der Waals surface area contributed by atoms with Crippen molar-refractivity contribution < 1.29 is 9.47 Å². The summed E-state index contributed by atoms with van der Waals surface area (Å²) in [5, 5.41) is 0. The first-order valence-electron chi connectivity index (χ1n) is 5.28. The molecular weight excluding hydrogens is 192 g/mol. The van der Waals surface area contributed by atoms with Gasteiger partial charge in [-0.15, -0.1) is 0 Å². The molecule has 0 amide bonds. The fourth-order valence-electron chi connectivity index (χ4n) is 1.09. The van der Waals surface area contributed by atoms with Gasteiger partial charge in [0.2, 0.25) is 0 Å². The van der Waals surface area contributed by atoms with Crippen LogP contribution < -0.4 is 15.2 Å². The first-order chi connectivity index (χ1) is 7.29. The molecular formula is C11H18N2O2. The molecule has 1 rings (SSSR count). The Kier molecular flexibility index (Phi) is 4.74. The maximum Gasteiger partial charge on any atom is 0.164 e. The lowest BCUT2D eigenvalue weighted by molar-refractivity contribution is 0.302. The van der Waals surface area contributed by atoms with E-state index in [4.69, 9.17) is 15.2 Å². The van der Waals surface area contributed by atoms with Gasteiger partial charge in [0.25, 0.3) is 0 Å². The fraction of sp³-hybridized carbons (Fsp3) is 0.545. The Balaban J connectivity index is 2.71. The van der Waals surface area contributed by atoms with Crippen molar-refractivity contribution in [3.8, 4) is 11.5 Å². The summed E-state index contributed by atoms with van der Waals surface area (Å²) >= 11 is 0. The van der Waals surface area contributed by atoms with Crippen LogP contribution in [0.2, 0.25) is 0 Å². The molecule has 0 saturated heterocycles. The molecule has 0 aromatic carbocycles. The lowest BCUT2D eigenvalue weighted by atomic mass is 10.3. The number of hydrogen-bond acceptors (Lipinski definition) is 4. The Bertz CT molecular complexity index is 276. The summed E-state index contributed by atoms with van der Waals surface area (Å²) in [5.74, 6) is 1.20. The second-order valence-electron chi connectivity index (χ2n) is 3.25. The molecule has 0 radical (unpaired) electrons. The van der Waals surface area contributed by atoms with E-state index in [0.29, 0.717) is 30.4 Å². The number of hydrogen-bond donors (Lipinski definition) is 1. The molecule has 0 fully saturated rings. The van der Waals surface area contributed by atoms with Crippen molar-refractivity contribution in [2.45, 2.75) is 26.7 Å². The maximum atomic E-state index is 5.87. The van der Waals surface area contributed by atoms with Crippen LogP contribution in [0.3, 0.4) is 0 Å². The average molecular weight is 210 g/mol. The van der Waals surface area contributed by atoms with Gasteiger partial charge < -0.3 is 15.2 Å². The van der Waals surface area contributed by atoms with E-state index in [9.17, 15) is 0 Å². The molecule has 0 aliphatic rings. The minimum Gasteiger partial charge on any atom is -0.490 e. The number of aromatic nitrogens is 1. The van der Waals surface area contributed by atoms with Crippen molar-refractivity contribution in [2.24, 2.45) is 0 Å². The number of nitrogens with two attached hydrogens (primary N) is 1. The van der Waals surface area contributed by atoms with Gasteiger partial charge in [-0.2, -0.15) is 0 Å². The van der Waals surface area contributed by atoms with Crippen LogP contribution in [0.1, 0.15) is 26.7 Å². The van der Waals surface area contributed by atoms with Gasteiger partial charge in [0.05, 0.1) is 25.6 Å². The minimum absolute atomic E-state index is 0.534. The lowest BCUT2D eigenvalue weighted by Crippen LogP contribution is -2.03. The fourth-order valence-corrected chi connectivity index (χ4v) is 1.09. The summed E-state index contributed by atoms with van der Waals surface area (Å²) in [6, 6.07) is 0. The number of ether oxygens (including phenoxy) is 2. The van der Waals surface area contributed by atoms with Gasteiger partial charge in [0.1, 0.15) is 5.69 Å². The molecule has 0 aliphatic carbocycles. The van der Waals surface area contributed by atoms with Crippen LogP contribution in [0.5, 0.6) is 11.5 Å². The minimum atomic E-state index is 0.534. The van der Waals surface area contributed by atoms with Crippen molar-refractivity contribution in [3.05, 3.63) is 12.4 Å². The van der Waals surface area contributed by atoms with Gasteiger partial charge in [-0.05, 0) is 12.8 Å². The summed E-state index contributed by atoms with van der Waals surface area (Å²) < 4.78 is 10.9. The SMILES string of the molecule is CCCOc1cncc(OCCC)c1N. The van der Waals surface area contributed by atoms with Gasteiger partial charge in [-0.3, -0.25) is 4.98 Å². The normalized spacial score (nSPS) is 10.0. The zero-order valence-corrected chi connectivity index (χ0v) is 9.32. The van der Waals surface area contributed by atoms with Crippen molar-refractivity contribution >= 4 is 5.69 Å². The highest BCUT2D eigenvalue weighted by Crippen LogP contribution is 2.29. The predicted molar refractivity (Wildman–Crippen MR) is 60.2 cm³/mol. The molecule has 15 heavy (non-hydrogen) atoms. The molecule has 84 valence electrons. The molecule has 4 nitrogen and oxygen atoms in total. The monoisotopic (exact) mass is 210 g/mol. The number of anilines is 1. The van der Waals surface area contributed by atoms with E-state index in [1.54, 1.807) is 12.4 Å². The molecule has 0 atom stereocenters. The summed E-state index contributed by atoms with van der Waals surface area (Å²) in [4.78, 5) is 4.02. The molecule has 0 bridgehead atoms. The number of nitrogen functional groups attached to an aromatic ring is 1. The zero-order chi connectivity index (χ0) is 11.1. The molecule has 0 aliphatic heterocycles. The van der Waals surface area contributed by atoms with E-state index in [0.717, 1.165) is 12.8 Å². The number of rotatable bonds is 6. The summed E-state index contributed by atoms with van der Waals surface area (Å²) in [5.41, 5.74) is 6.41. The lowest BCUT2D eigenvalue weighted by Gasteiger charge is -2.11. The van der Waals surface area contributed by atoms with Crippen LogP contribution in [0, 0.1) is 0 Å². The van der Waals surface area contributed by atoms with E-state index >= 15 is 0 Å². The van der Waals surface area contributed by atoms with Crippen LogP contribution >= 0.6 is 0 Å². The molecule has 1 aromatic heterocycles. The smallest absolute Gasteiger partial charge is 0.164 e. The third-order valence-electron chi connectivity index (χ3n) is 1.84. The van der Waals surface area contributed by atoms with Crippen LogP contribution in [-0.2, 0) is 0 Å². The van der Waals surface area contributed by atoms with E-state index < -0.39 is 0 Å². The van der Waals surface area contributed by atoms with Crippen LogP contribution in [0.25, 0.3) is 0 Å². The van der Waals surface area contributed by atoms with Gasteiger partial charge in [0, 0.05) is 0 Å². The number of nitrogens with zero attached hydrogens (tertiary/aromatic N) is 1. The number of pyridine rings is 1. The highest BCUT2D eigenvalue weighted by atomic mass is 16.5. The Morgan fingerprint density at radius 1 is 1.07 bits per heavy atom. The van der Waals surface area contributed by atoms with E-state index in [1.165, 1.54) is 0 Å². The topological polar surface area (TPSA) is 57.4 Å². The van der Waals surface area contributed by atoms with Crippen LogP contribution in [0.4, 0.5) is 5.69 Å². The van der Waals surface area contributed by atoms with Crippen LogP contribution in [-0.4, -0.2) is 18.2 Å². The van der Waals surface area contributed by atoms with E-state index in [2.05, 4.69) is 4.98 Å². The van der Waals surface area contributed by atoms with Gasteiger partial charge in [0.15, 0.2) is 11.5 Å². The summed E-state index contributed by atoms with van der Waals surface area (Å²) in [6.07, 6.45) is 5.12. The Morgan fingerprint density at radius 2 is 1.53 bits per heavy atom. The van der Waals surface area contributed by atoms with Crippen molar-refractivity contribution in [1.82, 2.24) is 4.98 Å². The predicted octanol–water partition coefficient (Wildman–Crippen LogP) is 2.24. The van der Waals surface area contributed by atoms with Crippen molar-refractivity contribution in [3.63, 3.8) is 0 Å². The second-order valence-corrected chi connectivity index (χ2v) is 3.25. The summed E-state index contributed by atoms with van der Waals surface area (Å²) in [7, 11) is 0. The molecule has 0 spiro atoms. The highest BCUT2D eigenvalue weighted by Gasteiger charge is 2.07. The maximum absolute atomic E-state index is 5.87.